The largest absolute Gasteiger partial charge is 0.198 e. The Hall–Kier alpha value is 1.13. The van der Waals surface area contributed by atoms with Crippen LogP contribution < -0.4 is 0 Å². The molecular weight excluding hydrogens is 101 g/mol. The molecule has 0 aliphatic carbocycles. The van der Waals surface area contributed by atoms with Crippen molar-refractivity contribution in [3.05, 3.63) is 0 Å². The second-order valence-electron chi connectivity index (χ2n) is 1.28. The Bertz CT molecular complexity index is 53.1. The van der Waals surface area contributed by atoms with Gasteiger partial charge in [0.05, 0.1) is 6.07 Å². The smallest absolute Gasteiger partial charge is 0.0649 e. The van der Waals surface area contributed by atoms with E-state index in [9.17, 15) is 0 Å². The standard InChI is InChI=1S/C4H7N.K/c1-4(2)3-5;/h4H,1-2H3;. The van der Waals surface area contributed by atoms with E-state index in [0.29, 0.717) is 0 Å². The van der Waals surface area contributed by atoms with Gasteiger partial charge in [0.1, 0.15) is 0 Å². The molecule has 1 radical (unpaired) electrons. The van der Waals surface area contributed by atoms with E-state index in [2.05, 4.69) is 0 Å². The molecule has 0 saturated carbocycles. The summed E-state index contributed by atoms with van der Waals surface area (Å²) in [5, 5.41) is 7.89. The molecule has 0 fully saturated rings. The summed E-state index contributed by atoms with van der Waals surface area (Å²) in [4.78, 5) is 0. The van der Waals surface area contributed by atoms with E-state index < -0.39 is 0 Å². The van der Waals surface area contributed by atoms with Crippen LogP contribution in [0.25, 0.3) is 0 Å². The van der Waals surface area contributed by atoms with Crippen molar-refractivity contribution in [1.82, 2.24) is 0 Å². The topological polar surface area (TPSA) is 23.8 Å². The minimum Gasteiger partial charge on any atom is -0.198 e. The Labute approximate surface area is 81.1 Å². The summed E-state index contributed by atoms with van der Waals surface area (Å²) < 4.78 is 0. The van der Waals surface area contributed by atoms with Gasteiger partial charge >= 0.3 is 0 Å². The van der Waals surface area contributed by atoms with Crippen LogP contribution in [0.5, 0.6) is 0 Å². The molecule has 0 aliphatic rings. The summed E-state index contributed by atoms with van der Waals surface area (Å²) in [5.74, 6) is 0.190. The van der Waals surface area contributed by atoms with Crippen molar-refractivity contribution < 1.29 is 0 Å². The molecule has 6 heavy (non-hydrogen) atoms. The summed E-state index contributed by atoms with van der Waals surface area (Å²) >= 11 is 0. The summed E-state index contributed by atoms with van der Waals surface area (Å²) in [5.41, 5.74) is 0. The maximum absolute atomic E-state index is 7.89. The first-order chi connectivity index (χ1) is 2.27. The van der Waals surface area contributed by atoms with Crippen LogP contribution in [-0.4, -0.2) is 51.4 Å². The molecule has 0 aliphatic heterocycles. The van der Waals surface area contributed by atoms with Gasteiger partial charge in [0.15, 0.2) is 0 Å². The first-order valence-electron chi connectivity index (χ1n) is 1.67. The van der Waals surface area contributed by atoms with Crippen LogP contribution in [0, 0.1) is 17.2 Å². The second kappa shape index (κ2) is 6.13. The Morgan fingerprint density at radius 3 is 1.67 bits per heavy atom. The van der Waals surface area contributed by atoms with Gasteiger partial charge in [0.2, 0.25) is 0 Å². The van der Waals surface area contributed by atoms with Crippen molar-refractivity contribution in [1.29, 1.82) is 5.26 Å². The van der Waals surface area contributed by atoms with Crippen LogP contribution in [0.15, 0.2) is 0 Å². The van der Waals surface area contributed by atoms with Gasteiger partial charge in [-0.05, 0) is 13.8 Å². The summed E-state index contributed by atoms with van der Waals surface area (Å²) in [6, 6.07) is 2.03. The average molecular weight is 108 g/mol. The van der Waals surface area contributed by atoms with Gasteiger partial charge in [-0.1, -0.05) is 0 Å². The van der Waals surface area contributed by atoms with E-state index in [-0.39, 0.29) is 57.3 Å². The van der Waals surface area contributed by atoms with Gasteiger partial charge in [-0.25, -0.2) is 0 Å². The average Bonchev–Trinajstić information content (AvgIpc) is 1.38. The zero-order chi connectivity index (χ0) is 4.28. The van der Waals surface area contributed by atoms with Crippen molar-refractivity contribution in [2.75, 3.05) is 0 Å². The molecule has 0 unspecified atom stereocenters. The molecule has 0 heterocycles. The van der Waals surface area contributed by atoms with Gasteiger partial charge in [-0.15, -0.1) is 0 Å². The fourth-order valence-electron chi connectivity index (χ4n) is 0. The normalized spacial score (nSPS) is 6.33. The van der Waals surface area contributed by atoms with E-state index in [0.717, 1.165) is 0 Å². The van der Waals surface area contributed by atoms with Gasteiger partial charge < -0.3 is 0 Å². The molecule has 0 N–H and O–H groups in total. The van der Waals surface area contributed by atoms with E-state index >= 15 is 0 Å². The fraction of sp³-hybridized carbons (Fsp3) is 0.750. The predicted octanol–water partition coefficient (Wildman–Crippen LogP) is 0.785. The summed E-state index contributed by atoms with van der Waals surface area (Å²) in [6.45, 7) is 3.72. The van der Waals surface area contributed by atoms with Gasteiger partial charge in [-0.3, -0.25) is 0 Å². The molecule has 0 saturated heterocycles. The van der Waals surface area contributed by atoms with E-state index in [4.69, 9.17) is 5.26 Å². The van der Waals surface area contributed by atoms with E-state index in [1.165, 1.54) is 0 Å². The fourth-order valence-corrected chi connectivity index (χ4v) is 0. The van der Waals surface area contributed by atoms with Crippen molar-refractivity contribution >= 4 is 51.4 Å². The van der Waals surface area contributed by atoms with Gasteiger partial charge in [0, 0.05) is 57.3 Å². The molecule has 0 aromatic carbocycles. The number of rotatable bonds is 0. The SMILES string of the molecule is CC(C)C#N.[K]. The van der Waals surface area contributed by atoms with E-state index in [1.54, 1.807) is 0 Å². The second-order valence-corrected chi connectivity index (χ2v) is 1.28. The third kappa shape index (κ3) is 8.93. The minimum absolute atomic E-state index is 0. The summed E-state index contributed by atoms with van der Waals surface area (Å²) in [6.07, 6.45) is 0. The molecule has 1 nitrogen and oxygen atoms in total. The van der Waals surface area contributed by atoms with Gasteiger partial charge in [-0.2, -0.15) is 5.26 Å². The molecule has 0 aromatic rings. The Morgan fingerprint density at radius 2 is 1.67 bits per heavy atom. The van der Waals surface area contributed by atoms with Gasteiger partial charge in [0.25, 0.3) is 0 Å². The number of nitrogens with zero attached hydrogens (tertiary/aromatic N) is 1. The maximum atomic E-state index is 7.89. The minimum atomic E-state index is 0. The van der Waals surface area contributed by atoms with Crippen molar-refractivity contribution in [2.24, 2.45) is 5.92 Å². The molecule has 29 valence electrons. The first-order valence-corrected chi connectivity index (χ1v) is 1.67. The predicted molar refractivity (Wildman–Crippen MR) is 26.2 cm³/mol. The number of hydrogen-bond donors (Lipinski definition) is 0. The van der Waals surface area contributed by atoms with E-state index in [1.807, 2.05) is 19.9 Å². The Balaban J connectivity index is 0. The number of hydrogen-bond acceptors (Lipinski definition) is 1. The quantitative estimate of drug-likeness (QED) is 0.421. The summed E-state index contributed by atoms with van der Waals surface area (Å²) in [7, 11) is 0. The monoisotopic (exact) mass is 108 g/mol. The molecule has 0 amide bonds. The van der Waals surface area contributed by atoms with Crippen LogP contribution >= 0.6 is 0 Å². The van der Waals surface area contributed by atoms with Crippen molar-refractivity contribution in [3.63, 3.8) is 0 Å². The molecule has 0 bridgehead atoms. The Kier molecular flexibility index (Phi) is 10.4. The van der Waals surface area contributed by atoms with Crippen LogP contribution in [0.1, 0.15) is 13.8 Å². The van der Waals surface area contributed by atoms with Crippen molar-refractivity contribution in [3.8, 4) is 6.07 Å². The van der Waals surface area contributed by atoms with Crippen LogP contribution in [0.3, 0.4) is 0 Å². The maximum Gasteiger partial charge on any atom is 0.0649 e. The Morgan fingerprint density at radius 1 is 1.50 bits per heavy atom. The van der Waals surface area contributed by atoms with Crippen molar-refractivity contribution in [2.45, 2.75) is 13.8 Å². The zero-order valence-corrected chi connectivity index (χ0v) is 7.65. The van der Waals surface area contributed by atoms with Crippen LogP contribution in [0.2, 0.25) is 0 Å². The first kappa shape index (κ1) is 10.2. The molecule has 0 spiro atoms. The zero-order valence-electron chi connectivity index (χ0n) is 4.52. The molecule has 0 rings (SSSR count). The molecule has 0 aromatic heterocycles. The third-order valence-electron chi connectivity index (χ3n) is 0.258. The third-order valence-corrected chi connectivity index (χ3v) is 0.258. The molecule has 2 heteroatoms. The molecular formula is C4H7KN. The molecule has 0 atom stereocenters. The van der Waals surface area contributed by atoms with Crippen LogP contribution in [-0.2, 0) is 0 Å². The van der Waals surface area contributed by atoms with Crippen LogP contribution in [0.4, 0.5) is 0 Å². The number of nitriles is 1.